The number of aliphatic hydroxyl groups is 1. The zero-order valence-corrected chi connectivity index (χ0v) is 22.6. The van der Waals surface area contributed by atoms with Crippen molar-refractivity contribution in [2.45, 2.75) is 69.9 Å². The molecule has 0 bridgehead atoms. The molecule has 0 saturated carbocycles. The van der Waals surface area contributed by atoms with Crippen molar-refractivity contribution in [3.63, 3.8) is 0 Å². The van der Waals surface area contributed by atoms with Gasteiger partial charge in [-0.05, 0) is 38.7 Å². The van der Waals surface area contributed by atoms with Crippen LogP contribution in [0.4, 0.5) is 0 Å². The minimum absolute atomic E-state index is 0.0169. The van der Waals surface area contributed by atoms with Crippen LogP contribution in [0.2, 0.25) is 0 Å². The van der Waals surface area contributed by atoms with Crippen molar-refractivity contribution in [3.8, 4) is 0 Å². The van der Waals surface area contributed by atoms with E-state index in [2.05, 4.69) is 0 Å². The summed E-state index contributed by atoms with van der Waals surface area (Å²) in [7, 11) is 0. The molecule has 204 valence electrons. The Hall–Kier alpha value is -2.97. The molecule has 0 aliphatic carbocycles. The van der Waals surface area contributed by atoms with E-state index in [0.29, 0.717) is 45.4 Å². The molecule has 1 spiro atoms. The van der Waals surface area contributed by atoms with Gasteiger partial charge in [0.15, 0.2) is 0 Å². The molecule has 5 atom stereocenters. The Morgan fingerprint density at radius 2 is 1.71 bits per heavy atom. The average Bonchev–Trinajstić information content (AvgIpc) is 3.19. The van der Waals surface area contributed by atoms with Gasteiger partial charge >= 0.3 is 0 Å². The van der Waals surface area contributed by atoms with Gasteiger partial charge in [0.25, 0.3) is 0 Å². The van der Waals surface area contributed by atoms with E-state index in [1.807, 2.05) is 75.4 Å². The molecular weight excluding hydrogens is 482 g/mol. The molecule has 1 aromatic rings. The summed E-state index contributed by atoms with van der Waals surface area (Å²) in [5.74, 6) is -2.01. The van der Waals surface area contributed by atoms with E-state index >= 15 is 0 Å². The Kier molecular flexibility index (Phi) is 7.22. The first-order valence-corrected chi connectivity index (χ1v) is 13.9. The lowest BCUT2D eigenvalue weighted by molar-refractivity contribution is -0.155. The Balaban J connectivity index is 1.59. The molecule has 2 saturated heterocycles. The maximum absolute atomic E-state index is 14.3. The number of likely N-dealkylation sites (tertiary alicyclic amines) is 1. The van der Waals surface area contributed by atoms with E-state index in [-0.39, 0.29) is 30.4 Å². The van der Waals surface area contributed by atoms with E-state index < -0.39 is 29.1 Å². The number of hydrogen-bond acceptors (Lipinski definition) is 5. The second kappa shape index (κ2) is 10.3. The molecular formula is C30H39N3O5. The first kappa shape index (κ1) is 26.6. The van der Waals surface area contributed by atoms with Crippen LogP contribution in [0.1, 0.15) is 45.6 Å². The Bertz CT molecular complexity index is 1130. The minimum atomic E-state index is -1.23. The molecule has 1 unspecified atom stereocenters. The molecule has 2 fully saturated rings. The van der Waals surface area contributed by atoms with Gasteiger partial charge < -0.3 is 24.5 Å². The van der Waals surface area contributed by atoms with Gasteiger partial charge in [-0.1, -0.05) is 61.6 Å². The van der Waals surface area contributed by atoms with Gasteiger partial charge in [0.2, 0.25) is 17.7 Å². The smallest absolute Gasteiger partial charge is 0.249 e. The summed E-state index contributed by atoms with van der Waals surface area (Å²) in [6.45, 7) is 7.57. The predicted octanol–water partition coefficient (Wildman–Crippen LogP) is 2.53. The summed E-state index contributed by atoms with van der Waals surface area (Å²) in [4.78, 5) is 48.0. The Morgan fingerprint density at radius 3 is 2.39 bits per heavy atom. The van der Waals surface area contributed by atoms with E-state index in [1.54, 1.807) is 14.7 Å². The van der Waals surface area contributed by atoms with Crippen molar-refractivity contribution >= 4 is 17.7 Å². The summed E-state index contributed by atoms with van der Waals surface area (Å²) in [6.07, 6.45) is 9.39. The molecule has 5 rings (SSSR count). The van der Waals surface area contributed by atoms with E-state index in [9.17, 15) is 19.5 Å². The van der Waals surface area contributed by atoms with Gasteiger partial charge in [-0.25, -0.2) is 0 Å². The summed E-state index contributed by atoms with van der Waals surface area (Å²) in [5.41, 5.74) is -1.19. The zero-order valence-electron chi connectivity index (χ0n) is 22.6. The zero-order chi connectivity index (χ0) is 27.1. The first-order valence-electron chi connectivity index (χ1n) is 13.9. The van der Waals surface area contributed by atoms with Crippen molar-refractivity contribution in [1.29, 1.82) is 0 Å². The highest BCUT2D eigenvalue weighted by atomic mass is 16.5. The van der Waals surface area contributed by atoms with Gasteiger partial charge in [0.1, 0.15) is 11.6 Å². The van der Waals surface area contributed by atoms with Crippen LogP contribution < -0.4 is 0 Å². The number of rotatable bonds is 8. The molecule has 0 aromatic heterocycles. The summed E-state index contributed by atoms with van der Waals surface area (Å²) in [5, 5.41) is 9.37. The van der Waals surface area contributed by atoms with Crippen LogP contribution in [0.25, 0.3) is 0 Å². The fourth-order valence-electron chi connectivity index (χ4n) is 6.87. The van der Waals surface area contributed by atoms with E-state index in [1.165, 1.54) is 0 Å². The molecule has 4 aliphatic rings. The quantitative estimate of drug-likeness (QED) is 0.420. The Labute approximate surface area is 224 Å². The van der Waals surface area contributed by atoms with Crippen molar-refractivity contribution < 1.29 is 24.2 Å². The highest BCUT2D eigenvalue weighted by Gasteiger charge is 2.75. The SMILES string of the molecule is CC[C@]12C=CCN(Cc3ccccc3)C(=O)[C@H]1[C@H]1C(=O)N(CCCCO)C3C(=O)N(C(C)C)CC=C[C@@]31O2. The second-order valence-electron chi connectivity index (χ2n) is 11.2. The number of aliphatic hydroxyl groups excluding tert-OH is 1. The van der Waals surface area contributed by atoms with Crippen LogP contribution in [-0.4, -0.2) is 87.1 Å². The monoisotopic (exact) mass is 521 g/mol. The van der Waals surface area contributed by atoms with Crippen LogP contribution in [0.15, 0.2) is 54.6 Å². The lowest BCUT2D eigenvalue weighted by atomic mass is 9.73. The average molecular weight is 522 g/mol. The summed E-state index contributed by atoms with van der Waals surface area (Å²) < 4.78 is 6.97. The molecule has 8 heteroatoms. The van der Waals surface area contributed by atoms with Gasteiger partial charge in [-0.15, -0.1) is 0 Å². The first-order chi connectivity index (χ1) is 18.3. The number of hydrogen-bond donors (Lipinski definition) is 1. The van der Waals surface area contributed by atoms with Crippen molar-refractivity contribution in [3.05, 3.63) is 60.2 Å². The molecule has 1 N–H and O–H groups in total. The predicted molar refractivity (Wildman–Crippen MR) is 143 cm³/mol. The molecule has 38 heavy (non-hydrogen) atoms. The lowest BCUT2D eigenvalue weighted by Gasteiger charge is -2.39. The fraction of sp³-hybridized carbons (Fsp3) is 0.567. The number of ether oxygens (including phenoxy) is 1. The largest absolute Gasteiger partial charge is 0.396 e. The van der Waals surface area contributed by atoms with Gasteiger partial charge in [0.05, 0.1) is 17.4 Å². The molecule has 1 aromatic carbocycles. The summed E-state index contributed by atoms with van der Waals surface area (Å²) in [6, 6.07) is 8.95. The molecule has 3 amide bonds. The van der Waals surface area contributed by atoms with Crippen molar-refractivity contribution in [1.82, 2.24) is 14.7 Å². The van der Waals surface area contributed by atoms with Gasteiger partial charge in [0, 0.05) is 38.8 Å². The third-order valence-electron chi connectivity index (χ3n) is 8.70. The fourth-order valence-corrected chi connectivity index (χ4v) is 6.87. The third-order valence-corrected chi connectivity index (χ3v) is 8.70. The molecule has 4 aliphatic heterocycles. The molecule has 4 heterocycles. The van der Waals surface area contributed by atoms with Gasteiger partial charge in [-0.2, -0.15) is 0 Å². The number of nitrogens with zero attached hydrogens (tertiary/aromatic N) is 3. The molecule has 8 nitrogen and oxygen atoms in total. The number of unbranched alkanes of at least 4 members (excludes halogenated alkanes) is 1. The maximum atomic E-state index is 14.3. The topological polar surface area (TPSA) is 90.4 Å². The molecule has 0 radical (unpaired) electrons. The van der Waals surface area contributed by atoms with E-state index in [4.69, 9.17) is 4.74 Å². The van der Waals surface area contributed by atoms with Crippen LogP contribution in [0.3, 0.4) is 0 Å². The normalized spacial score (nSPS) is 32.5. The highest BCUT2D eigenvalue weighted by Crippen LogP contribution is 2.58. The number of benzene rings is 1. The van der Waals surface area contributed by atoms with Crippen LogP contribution in [0, 0.1) is 11.8 Å². The summed E-state index contributed by atoms with van der Waals surface area (Å²) >= 11 is 0. The second-order valence-corrected chi connectivity index (χ2v) is 11.2. The standard InChI is InChI=1S/C30H39N3O5/c1-4-29-14-10-16-31(20-22-12-6-5-7-13-22)26(35)23(29)24-27(36)33(17-8-9-19-34)25-28(37)32(21(2)3)18-11-15-30(24,25)38-29/h5-7,10-15,21,23-25,34H,4,8-9,16-20H2,1-3H3/t23-,24+,25?,29+,30+/m1/s1. The van der Waals surface area contributed by atoms with E-state index in [0.717, 1.165) is 5.56 Å². The van der Waals surface area contributed by atoms with Crippen LogP contribution >= 0.6 is 0 Å². The van der Waals surface area contributed by atoms with Crippen molar-refractivity contribution in [2.75, 3.05) is 26.2 Å². The van der Waals surface area contributed by atoms with Gasteiger partial charge in [-0.3, -0.25) is 14.4 Å². The van der Waals surface area contributed by atoms with Crippen molar-refractivity contribution in [2.24, 2.45) is 11.8 Å². The third kappa shape index (κ3) is 4.09. The van der Waals surface area contributed by atoms with Crippen LogP contribution in [0.5, 0.6) is 0 Å². The number of carbonyl (C=O) groups is 3. The van der Waals surface area contributed by atoms with Crippen LogP contribution in [-0.2, 0) is 25.7 Å². The Morgan fingerprint density at radius 1 is 0.974 bits per heavy atom. The maximum Gasteiger partial charge on any atom is 0.249 e. The minimum Gasteiger partial charge on any atom is -0.396 e. The lowest BCUT2D eigenvalue weighted by Crippen LogP contribution is -2.57. The number of fused-ring (bicyclic) bond motifs is 2. The number of carbonyl (C=O) groups excluding carboxylic acids is 3. The highest BCUT2D eigenvalue weighted by molar-refractivity contribution is 6.00. The number of amides is 3.